The third-order valence-electron chi connectivity index (χ3n) is 5.08. The summed E-state index contributed by atoms with van der Waals surface area (Å²) in [5.74, 6) is 0.494. The van der Waals surface area contributed by atoms with E-state index >= 15 is 0 Å². The molecule has 0 radical (unpaired) electrons. The second-order valence-corrected chi connectivity index (χ2v) is 8.76. The quantitative estimate of drug-likeness (QED) is 0.697. The van der Waals surface area contributed by atoms with Gasteiger partial charge in [-0.3, -0.25) is 9.59 Å². The van der Waals surface area contributed by atoms with Gasteiger partial charge in [0.15, 0.2) is 5.13 Å². The molecule has 0 saturated heterocycles. The molecule has 0 bridgehead atoms. The van der Waals surface area contributed by atoms with Crippen molar-refractivity contribution in [3.8, 4) is 0 Å². The van der Waals surface area contributed by atoms with Crippen molar-refractivity contribution in [1.29, 1.82) is 0 Å². The minimum atomic E-state index is -0.513. The molecule has 1 aliphatic rings. The molecule has 0 spiro atoms. The number of nitrogens with zero attached hydrogens (tertiary/aromatic N) is 2. The first-order chi connectivity index (χ1) is 12.5. The molecule has 1 atom stereocenters. The molecule has 0 aliphatic heterocycles. The third-order valence-corrected chi connectivity index (χ3v) is 6.22. The highest BCUT2D eigenvalue weighted by Crippen LogP contribution is 2.30. The SMILES string of the molecule is Cc1cc(Br)cc(=O)n1[C@@H](CCC1CCCCC1)C(=O)Nc1nccs1. The summed E-state index contributed by atoms with van der Waals surface area (Å²) < 4.78 is 2.36. The molecule has 26 heavy (non-hydrogen) atoms. The summed E-state index contributed by atoms with van der Waals surface area (Å²) in [6, 6.07) is 2.89. The van der Waals surface area contributed by atoms with E-state index in [1.165, 1.54) is 49.5 Å². The van der Waals surface area contributed by atoms with E-state index in [0.717, 1.165) is 16.6 Å². The Labute approximate surface area is 166 Å². The van der Waals surface area contributed by atoms with Crippen LogP contribution >= 0.6 is 27.3 Å². The van der Waals surface area contributed by atoms with E-state index in [1.54, 1.807) is 10.8 Å². The summed E-state index contributed by atoms with van der Waals surface area (Å²) in [4.78, 5) is 29.7. The fraction of sp³-hybridized carbons (Fsp3) is 0.526. The Morgan fingerprint density at radius 2 is 2.15 bits per heavy atom. The van der Waals surface area contributed by atoms with Crippen molar-refractivity contribution >= 4 is 38.3 Å². The largest absolute Gasteiger partial charge is 0.300 e. The Balaban J connectivity index is 1.83. The van der Waals surface area contributed by atoms with Crippen LogP contribution in [0.4, 0.5) is 5.13 Å². The maximum atomic E-state index is 13.0. The number of anilines is 1. The van der Waals surface area contributed by atoms with E-state index in [-0.39, 0.29) is 11.5 Å². The molecular formula is C19H24BrN3O2S. The molecule has 0 aromatic carbocycles. The van der Waals surface area contributed by atoms with Crippen LogP contribution in [0.3, 0.4) is 0 Å². The van der Waals surface area contributed by atoms with Crippen LogP contribution in [0, 0.1) is 12.8 Å². The monoisotopic (exact) mass is 437 g/mol. The Morgan fingerprint density at radius 1 is 1.38 bits per heavy atom. The fourth-order valence-electron chi connectivity index (χ4n) is 3.79. The normalized spacial score (nSPS) is 16.4. The van der Waals surface area contributed by atoms with Gasteiger partial charge in [0.05, 0.1) is 0 Å². The average Bonchev–Trinajstić information content (AvgIpc) is 3.10. The van der Waals surface area contributed by atoms with Crippen LogP contribution < -0.4 is 10.9 Å². The minimum absolute atomic E-state index is 0.153. The first-order valence-corrected chi connectivity index (χ1v) is 10.8. The molecule has 2 aromatic heterocycles. The van der Waals surface area contributed by atoms with E-state index in [1.807, 2.05) is 18.4 Å². The molecule has 7 heteroatoms. The number of nitrogens with one attached hydrogen (secondary N) is 1. The standard InChI is InChI=1S/C19H24BrN3O2S/c1-13-11-15(20)12-17(24)23(13)16(8-7-14-5-3-2-4-6-14)18(25)22-19-21-9-10-26-19/h9-12,14,16H,2-8H2,1H3,(H,21,22,25)/t16-/m0/s1. The molecule has 1 fully saturated rings. The van der Waals surface area contributed by atoms with Crippen LogP contribution in [-0.4, -0.2) is 15.5 Å². The van der Waals surface area contributed by atoms with Gasteiger partial charge in [-0.1, -0.05) is 48.0 Å². The molecule has 2 heterocycles. The van der Waals surface area contributed by atoms with Crippen LogP contribution in [0.5, 0.6) is 0 Å². The zero-order valence-corrected chi connectivity index (χ0v) is 17.3. The lowest BCUT2D eigenvalue weighted by Crippen LogP contribution is -2.34. The van der Waals surface area contributed by atoms with Gasteiger partial charge in [0, 0.05) is 27.8 Å². The van der Waals surface area contributed by atoms with E-state index in [2.05, 4.69) is 26.2 Å². The zero-order chi connectivity index (χ0) is 18.5. The Bertz CT molecular complexity index is 798. The highest BCUT2D eigenvalue weighted by molar-refractivity contribution is 9.10. The summed E-state index contributed by atoms with van der Waals surface area (Å²) in [6.07, 6.45) is 9.63. The van der Waals surface area contributed by atoms with Gasteiger partial charge in [-0.25, -0.2) is 4.98 Å². The molecule has 1 N–H and O–H groups in total. The summed E-state index contributed by atoms with van der Waals surface area (Å²) in [7, 11) is 0. The molecule has 140 valence electrons. The number of halogens is 1. The van der Waals surface area contributed by atoms with Crippen LogP contribution in [0.15, 0.2) is 33.0 Å². The molecule has 1 saturated carbocycles. The van der Waals surface area contributed by atoms with Gasteiger partial charge in [-0.2, -0.15) is 0 Å². The van der Waals surface area contributed by atoms with E-state index in [0.29, 0.717) is 17.5 Å². The summed E-state index contributed by atoms with van der Waals surface area (Å²) in [6.45, 7) is 1.87. The number of pyridine rings is 1. The number of hydrogen-bond acceptors (Lipinski definition) is 4. The van der Waals surface area contributed by atoms with Gasteiger partial charge >= 0.3 is 0 Å². The van der Waals surface area contributed by atoms with Crippen LogP contribution in [0.1, 0.15) is 56.7 Å². The summed E-state index contributed by atoms with van der Waals surface area (Å²) in [5, 5.41) is 5.27. The van der Waals surface area contributed by atoms with Gasteiger partial charge in [-0.15, -0.1) is 11.3 Å². The Hall–Kier alpha value is -1.47. The van der Waals surface area contributed by atoms with Crippen LogP contribution in [0.25, 0.3) is 0 Å². The minimum Gasteiger partial charge on any atom is -0.300 e. The Kier molecular flexibility index (Phi) is 6.64. The highest BCUT2D eigenvalue weighted by Gasteiger charge is 2.25. The molecule has 2 aromatic rings. The lowest BCUT2D eigenvalue weighted by Gasteiger charge is -2.26. The Morgan fingerprint density at radius 3 is 2.81 bits per heavy atom. The van der Waals surface area contributed by atoms with Gasteiger partial charge in [0.25, 0.3) is 5.56 Å². The third kappa shape index (κ3) is 4.82. The smallest absolute Gasteiger partial charge is 0.252 e. The molecule has 1 amide bonds. The maximum Gasteiger partial charge on any atom is 0.252 e. The van der Waals surface area contributed by atoms with Crippen molar-refractivity contribution in [2.75, 3.05) is 5.32 Å². The zero-order valence-electron chi connectivity index (χ0n) is 14.9. The molecule has 1 aliphatic carbocycles. The van der Waals surface area contributed by atoms with E-state index < -0.39 is 6.04 Å². The topological polar surface area (TPSA) is 64.0 Å². The molecular weight excluding hydrogens is 414 g/mol. The van der Waals surface area contributed by atoms with Gasteiger partial charge in [0.1, 0.15) is 6.04 Å². The maximum absolute atomic E-state index is 13.0. The number of aryl methyl sites for hydroxylation is 1. The average molecular weight is 438 g/mol. The fourth-order valence-corrected chi connectivity index (χ4v) is 4.85. The van der Waals surface area contributed by atoms with Crippen molar-refractivity contribution in [2.45, 2.75) is 57.9 Å². The van der Waals surface area contributed by atoms with Gasteiger partial charge in [-0.05, 0) is 31.7 Å². The van der Waals surface area contributed by atoms with Gasteiger partial charge in [0.2, 0.25) is 5.91 Å². The number of aromatic nitrogens is 2. The lowest BCUT2D eigenvalue weighted by atomic mass is 9.85. The second kappa shape index (κ2) is 8.95. The predicted molar refractivity (Wildman–Crippen MR) is 109 cm³/mol. The number of thiazole rings is 1. The van der Waals surface area contributed by atoms with Crippen LogP contribution in [-0.2, 0) is 4.79 Å². The molecule has 0 unspecified atom stereocenters. The van der Waals surface area contributed by atoms with Crippen LogP contribution in [0.2, 0.25) is 0 Å². The van der Waals surface area contributed by atoms with Crippen molar-refractivity contribution in [3.63, 3.8) is 0 Å². The molecule has 5 nitrogen and oxygen atoms in total. The lowest BCUT2D eigenvalue weighted by molar-refractivity contribution is -0.119. The van der Waals surface area contributed by atoms with Crippen molar-refractivity contribution in [1.82, 2.24) is 9.55 Å². The van der Waals surface area contributed by atoms with Crippen molar-refractivity contribution in [2.24, 2.45) is 5.92 Å². The number of hydrogen-bond donors (Lipinski definition) is 1. The first kappa shape index (κ1) is 19.3. The number of amides is 1. The summed E-state index contributed by atoms with van der Waals surface area (Å²) in [5.41, 5.74) is 0.632. The predicted octanol–water partition coefficient (Wildman–Crippen LogP) is 4.92. The number of rotatable bonds is 6. The van der Waals surface area contributed by atoms with Crippen molar-refractivity contribution in [3.05, 3.63) is 44.2 Å². The number of carbonyl (C=O) groups is 1. The van der Waals surface area contributed by atoms with Gasteiger partial charge < -0.3 is 9.88 Å². The van der Waals surface area contributed by atoms with Crippen molar-refractivity contribution < 1.29 is 4.79 Å². The second-order valence-electron chi connectivity index (χ2n) is 6.95. The van der Waals surface area contributed by atoms with E-state index in [9.17, 15) is 9.59 Å². The summed E-state index contributed by atoms with van der Waals surface area (Å²) >= 11 is 4.74. The number of carbonyl (C=O) groups excluding carboxylic acids is 1. The highest BCUT2D eigenvalue weighted by atomic mass is 79.9. The van der Waals surface area contributed by atoms with E-state index in [4.69, 9.17) is 0 Å². The molecule has 3 rings (SSSR count). The first-order valence-electron chi connectivity index (χ1n) is 9.13.